The molecule has 2 aromatic carbocycles. The van der Waals surface area contributed by atoms with Crippen LogP contribution in [0.2, 0.25) is 0 Å². The molecular formula is C81H116F6O17. The van der Waals surface area contributed by atoms with Crippen molar-refractivity contribution in [1.82, 2.24) is 0 Å². The SMILES string of the molecule is CCC(C)(C)C(=O)OC1(CC)CC2CC1C1C3CCC(C3)C21.CCC(C)(C)C(=O)OC12CC3CC(CC(O)(C3)C1)C2.CCC(C)(C)C(=O)OC1C2CC3C(=O)OC1C3O2.CCC(C)(C)C(=O)OC1CCC(C(O)(C(F)(F)F)C(F)(F)F)CC1.CCC(C)(C)C(=O)Oc1ccc2cc(C(=O)O)ccc2c1. The van der Waals surface area contributed by atoms with Gasteiger partial charge < -0.3 is 48.5 Å². The molecule has 14 rings (SSSR count). The maximum absolute atomic E-state index is 12.8. The van der Waals surface area contributed by atoms with Crippen molar-refractivity contribution < 1.29 is 108 Å². The fourth-order valence-electron chi connectivity index (χ4n) is 18.8. The van der Waals surface area contributed by atoms with Crippen LogP contribution in [-0.4, -0.2) is 122 Å². The third kappa shape index (κ3) is 16.5. The van der Waals surface area contributed by atoms with E-state index in [0.29, 0.717) is 55.6 Å². The van der Waals surface area contributed by atoms with Crippen molar-refractivity contribution in [2.75, 3.05) is 0 Å². The first kappa shape index (κ1) is 82.5. The van der Waals surface area contributed by atoms with Crippen molar-refractivity contribution in [1.29, 1.82) is 0 Å². The zero-order chi connectivity index (χ0) is 77.3. The van der Waals surface area contributed by atoms with Gasteiger partial charge in [-0.1, -0.05) is 53.7 Å². The van der Waals surface area contributed by atoms with Gasteiger partial charge in [0, 0.05) is 18.3 Å². The largest absolute Gasteiger partial charge is 0.478 e. The molecule has 3 aliphatic heterocycles. The number of ether oxygens (including phenoxy) is 7. The van der Waals surface area contributed by atoms with Gasteiger partial charge in [0.15, 0.2) is 12.2 Å². The Labute approximate surface area is 609 Å². The first-order chi connectivity index (χ1) is 48.1. The predicted molar refractivity (Wildman–Crippen MR) is 374 cm³/mol. The van der Waals surface area contributed by atoms with Crippen LogP contribution in [0, 0.1) is 86.3 Å². The molecule has 14 atom stereocenters. The zero-order valence-corrected chi connectivity index (χ0v) is 64.0. The molecular weight excluding hydrogens is 1360 g/mol. The van der Waals surface area contributed by atoms with Crippen molar-refractivity contribution in [3.05, 3.63) is 42.0 Å². The highest BCUT2D eigenvalue weighted by Gasteiger charge is 2.74. The topological polar surface area (TPSA) is 245 Å². The number of hydrogen-bond donors (Lipinski definition) is 3. The van der Waals surface area contributed by atoms with Gasteiger partial charge in [0.05, 0.1) is 50.3 Å². The minimum absolute atomic E-state index is 0.0455. The number of rotatable bonds is 18. The number of esters is 6. The Kier molecular flexibility index (Phi) is 23.9. The number of fused-ring (bicyclic) bond motifs is 11. The number of carboxylic acid groups (broad SMARTS) is 1. The molecule has 104 heavy (non-hydrogen) atoms. The van der Waals surface area contributed by atoms with Crippen LogP contribution in [0.25, 0.3) is 10.8 Å². The summed E-state index contributed by atoms with van der Waals surface area (Å²) in [5.41, 5.74) is -8.09. The summed E-state index contributed by atoms with van der Waals surface area (Å²) in [4.78, 5) is 83.6. The molecule has 12 fully saturated rings. The Morgan fingerprint density at radius 3 is 1.57 bits per heavy atom. The summed E-state index contributed by atoms with van der Waals surface area (Å²) in [6.45, 7) is 30.7. The van der Waals surface area contributed by atoms with E-state index in [-0.39, 0.29) is 83.0 Å². The van der Waals surface area contributed by atoms with Crippen LogP contribution < -0.4 is 4.74 Å². The normalized spacial score (nSPS) is 33.3. The molecule has 9 saturated carbocycles. The number of aromatic carboxylic acids is 1. The average molecular weight is 1480 g/mol. The van der Waals surface area contributed by atoms with E-state index in [2.05, 4.69) is 13.8 Å². The highest BCUT2D eigenvalue weighted by molar-refractivity contribution is 5.95. The lowest BCUT2D eigenvalue weighted by molar-refractivity contribution is -0.387. The van der Waals surface area contributed by atoms with Crippen LogP contribution in [0.3, 0.4) is 0 Å². The van der Waals surface area contributed by atoms with E-state index in [0.717, 1.165) is 91.7 Å². The molecule has 0 amide bonds. The van der Waals surface area contributed by atoms with Crippen LogP contribution >= 0.6 is 0 Å². The molecule has 3 saturated heterocycles. The molecule has 14 unspecified atom stereocenters. The highest BCUT2D eigenvalue weighted by atomic mass is 19.4. The molecule has 12 aliphatic rings. The van der Waals surface area contributed by atoms with E-state index in [4.69, 9.17) is 38.3 Å². The number of hydrogen-bond acceptors (Lipinski definition) is 16. The van der Waals surface area contributed by atoms with Gasteiger partial charge in [0.25, 0.3) is 5.60 Å². The number of halogens is 6. The van der Waals surface area contributed by atoms with E-state index >= 15 is 0 Å². The number of alkyl halides is 6. The molecule has 17 nitrogen and oxygen atoms in total. The molecule has 9 aliphatic carbocycles. The van der Waals surface area contributed by atoms with Gasteiger partial charge in [-0.15, -0.1) is 0 Å². The van der Waals surface area contributed by atoms with Crippen molar-refractivity contribution >= 4 is 52.6 Å². The molecule has 2 aromatic rings. The summed E-state index contributed by atoms with van der Waals surface area (Å²) in [6, 6.07) is 10.0. The van der Waals surface area contributed by atoms with Crippen LogP contribution in [0.5, 0.6) is 5.75 Å². The summed E-state index contributed by atoms with van der Waals surface area (Å²) in [5.74, 6) is 2.54. The van der Waals surface area contributed by atoms with Crippen molar-refractivity contribution in [3.63, 3.8) is 0 Å². The van der Waals surface area contributed by atoms with Gasteiger partial charge >= 0.3 is 54.1 Å². The van der Waals surface area contributed by atoms with Crippen LogP contribution in [0.15, 0.2) is 36.4 Å². The molecule has 0 spiro atoms. The number of carboxylic acids is 1. The number of carbonyl (C=O) groups excluding carboxylic acids is 6. The standard InChI is InChI=1S/C20H32O2.C17H18O4.C16H26O3.C15H22F6O3.C13H18O5/c1-5-19(3,4)18(21)22-20(6-2)11-14-10-15(20)17-13-8-7-12(9-13)16(14)17;1-4-17(2,3)16(20)21-14-8-7-11-9-13(15(18)19)6-5-12(11)10-14;1-4-14(2,3)13(17)19-16-8-11-5-12(9-16)7-15(18,6-11)10-16;1-4-12(2,3)11(22)24-10-7-5-9(6-8-10)13(23,14(16,17)18)15(19,20)21;1-4-13(2,3)12(15)18-9-7-5-6-8(16-7)10(9)17-11(6)14/h12-17H,5-11H2,1-4H3;5-10H,4H2,1-3H3,(H,18,19);11-12,18H,4-10H2,1-3H3;9-10,23H,4-8H2,1-3H3;6-10H,4-5H2,1-3H3. The van der Waals surface area contributed by atoms with Gasteiger partial charge in [-0.05, 0) is 281 Å². The summed E-state index contributed by atoms with van der Waals surface area (Å²) in [7, 11) is 0. The highest BCUT2D eigenvalue weighted by Crippen LogP contribution is 2.71. The smallest absolute Gasteiger partial charge is 0.426 e. The van der Waals surface area contributed by atoms with Crippen LogP contribution in [-0.2, 0) is 57.2 Å². The average Bonchev–Trinajstić information content (AvgIpc) is 1.49. The van der Waals surface area contributed by atoms with E-state index < -0.39 is 94.2 Å². The lowest BCUT2D eigenvalue weighted by Gasteiger charge is -2.59. The second kappa shape index (κ2) is 30.1. The van der Waals surface area contributed by atoms with Crippen LogP contribution in [0.1, 0.15) is 262 Å². The summed E-state index contributed by atoms with van der Waals surface area (Å²) in [6.07, 6.45) is 2.84. The van der Waals surface area contributed by atoms with Gasteiger partial charge in [0.1, 0.15) is 29.2 Å². The number of carbonyl (C=O) groups is 7. The minimum Gasteiger partial charge on any atom is -0.478 e. The van der Waals surface area contributed by atoms with Crippen molar-refractivity contribution in [2.24, 2.45) is 86.3 Å². The van der Waals surface area contributed by atoms with E-state index in [9.17, 15) is 70.1 Å². The van der Waals surface area contributed by atoms with Crippen molar-refractivity contribution in [2.45, 2.75) is 317 Å². The lowest BCUT2D eigenvalue weighted by atomic mass is 9.52. The summed E-state index contributed by atoms with van der Waals surface area (Å²) >= 11 is 0. The quantitative estimate of drug-likeness (QED) is 0.0413. The maximum Gasteiger partial charge on any atom is 0.426 e. The molecule has 0 aromatic heterocycles. The summed E-state index contributed by atoms with van der Waals surface area (Å²) < 4.78 is 116. The molecule has 0 radical (unpaired) electrons. The number of benzene rings is 2. The Morgan fingerprint density at radius 1 is 0.548 bits per heavy atom. The number of aliphatic hydroxyl groups is 2. The lowest BCUT2D eigenvalue weighted by Crippen LogP contribution is -2.62. The second-order valence-corrected chi connectivity index (χ2v) is 35.9. The monoisotopic (exact) mass is 1470 g/mol. The fourth-order valence-corrected chi connectivity index (χ4v) is 18.8. The first-order valence-corrected chi connectivity index (χ1v) is 38.4. The van der Waals surface area contributed by atoms with Gasteiger partial charge in [-0.3, -0.25) is 28.8 Å². The Balaban J connectivity index is 0.000000151. The molecule has 23 heteroatoms. The zero-order valence-electron chi connectivity index (χ0n) is 64.0. The Bertz CT molecular complexity index is 3450. The molecule has 3 heterocycles. The summed E-state index contributed by atoms with van der Waals surface area (Å²) in [5, 5.41) is 30.6. The Morgan fingerprint density at radius 2 is 1.05 bits per heavy atom. The van der Waals surface area contributed by atoms with Crippen LogP contribution in [0.4, 0.5) is 26.3 Å². The second-order valence-electron chi connectivity index (χ2n) is 35.9. The third-order valence-corrected chi connectivity index (χ3v) is 27.0. The first-order valence-electron chi connectivity index (χ1n) is 38.4. The Hall–Kier alpha value is -5.55. The minimum atomic E-state index is -5.82. The fraction of sp³-hybridized carbons (Fsp3) is 0.790. The van der Waals surface area contributed by atoms with Gasteiger partial charge in [-0.25, -0.2) is 4.79 Å². The van der Waals surface area contributed by atoms with E-state index in [1.807, 2.05) is 76.2 Å². The van der Waals surface area contributed by atoms with E-state index in [1.165, 1.54) is 38.2 Å². The van der Waals surface area contributed by atoms with Gasteiger partial charge in [0.2, 0.25) is 0 Å². The van der Waals surface area contributed by atoms with Crippen molar-refractivity contribution in [3.8, 4) is 5.75 Å². The molecule has 584 valence electrons. The van der Waals surface area contributed by atoms with E-state index in [1.54, 1.807) is 51.1 Å². The maximum atomic E-state index is 12.8. The predicted octanol–water partition coefficient (Wildman–Crippen LogP) is 17.2. The molecule has 10 bridgehead atoms. The van der Waals surface area contributed by atoms with Gasteiger partial charge in [-0.2, -0.15) is 26.3 Å². The third-order valence-electron chi connectivity index (χ3n) is 27.0. The molecule has 3 N–H and O–H groups in total.